The molecule has 0 aliphatic heterocycles. The molecule has 3 nitrogen and oxygen atoms in total. The molecule has 294 valence electrons. The lowest BCUT2D eigenvalue weighted by atomic mass is 9.97. The molecule has 0 unspecified atom stereocenters. The van der Waals surface area contributed by atoms with Crippen molar-refractivity contribution in [2.75, 3.05) is 0 Å². The maximum absolute atomic E-state index is 6.44. The number of hydrogen-bond donors (Lipinski definition) is 0. The van der Waals surface area contributed by atoms with Crippen LogP contribution in [-0.4, -0.2) is 9.13 Å². The molecule has 0 aliphatic rings. The van der Waals surface area contributed by atoms with Gasteiger partial charge >= 0.3 is 0 Å². The Morgan fingerprint density at radius 1 is 0.254 bits per heavy atom. The van der Waals surface area contributed by atoms with Crippen LogP contribution in [0.1, 0.15) is 0 Å². The maximum Gasteiger partial charge on any atom is 0.143 e. The maximum atomic E-state index is 6.44. The second-order valence-corrected chi connectivity index (χ2v) is 16.5. The topological polar surface area (TPSA) is 23.0 Å². The molecule has 0 N–H and O–H groups in total. The summed E-state index contributed by atoms with van der Waals surface area (Å²) in [5.41, 5.74) is 18.2. The Hall–Kier alpha value is -8.40. The molecule has 0 amide bonds. The first-order valence-corrected chi connectivity index (χ1v) is 21.6. The fraction of sp³-hybridized carbons (Fsp3) is 0. The summed E-state index contributed by atoms with van der Waals surface area (Å²) in [5, 5.41) is 7.20. The largest absolute Gasteiger partial charge is 0.455 e. The third-order valence-corrected chi connectivity index (χ3v) is 12.9. The molecule has 0 spiro atoms. The van der Waals surface area contributed by atoms with E-state index < -0.39 is 0 Å². The molecular formula is C60H38N2O. The van der Waals surface area contributed by atoms with E-state index in [1.54, 1.807) is 0 Å². The Morgan fingerprint density at radius 3 is 1.37 bits per heavy atom. The van der Waals surface area contributed by atoms with Gasteiger partial charge in [0.25, 0.3) is 0 Å². The monoisotopic (exact) mass is 802 g/mol. The van der Waals surface area contributed by atoms with Gasteiger partial charge in [0.15, 0.2) is 0 Å². The highest BCUT2D eigenvalue weighted by atomic mass is 16.3. The summed E-state index contributed by atoms with van der Waals surface area (Å²) in [6.45, 7) is 0. The van der Waals surface area contributed by atoms with Gasteiger partial charge < -0.3 is 13.6 Å². The van der Waals surface area contributed by atoms with Crippen LogP contribution in [-0.2, 0) is 0 Å². The first-order chi connectivity index (χ1) is 31.2. The minimum atomic E-state index is 0.909. The van der Waals surface area contributed by atoms with Crippen LogP contribution in [0.25, 0.3) is 121 Å². The van der Waals surface area contributed by atoms with Gasteiger partial charge in [0, 0.05) is 49.3 Å². The highest BCUT2D eigenvalue weighted by Crippen LogP contribution is 2.41. The molecular weight excluding hydrogens is 765 g/mol. The van der Waals surface area contributed by atoms with Crippen molar-refractivity contribution in [1.82, 2.24) is 9.13 Å². The van der Waals surface area contributed by atoms with Gasteiger partial charge in [-0.25, -0.2) is 0 Å². The number of para-hydroxylation sites is 4. The van der Waals surface area contributed by atoms with E-state index in [1.165, 1.54) is 71.5 Å². The molecule has 0 aliphatic carbocycles. The lowest BCUT2D eigenvalue weighted by Crippen LogP contribution is -1.94. The highest BCUT2D eigenvalue weighted by Gasteiger charge is 2.18. The van der Waals surface area contributed by atoms with Gasteiger partial charge in [-0.1, -0.05) is 152 Å². The Morgan fingerprint density at radius 2 is 0.698 bits per heavy atom. The molecule has 13 aromatic rings. The van der Waals surface area contributed by atoms with E-state index >= 15 is 0 Å². The van der Waals surface area contributed by atoms with Crippen molar-refractivity contribution < 1.29 is 4.42 Å². The van der Waals surface area contributed by atoms with E-state index in [-0.39, 0.29) is 0 Å². The highest BCUT2D eigenvalue weighted by molar-refractivity contribution is 6.14. The van der Waals surface area contributed by atoms with E-state index in [1.807, 2.05) is 12.1 Å². The molecule has 0 radical (unpaired) electrons. The van der Waals surface area contributed by atoms with Gasteiger partial charge in [-0.15, -0.1) is 0 Å². The Balaban J connectivity index is 0.979. The predicted molar refractivity (Wildman–Crippen MR) is 264 cm³/mol. The van der Waals surface area contributed by atoms with Crippen LogP contribution in [0.5, 0.6) is 0 Å². The molecule has 0 atom stereocenters. The van der Waals surface area contributed by atoms with Crippen LogP contribution < -0.4 is 0 Å². The zero-order valence-corrected chi connectivity index (χ0v) is 34.2. The Labute approximate surface area is 363 Å². The van der Waals surface area contributed by atoms with Crippen molar-refractivity contribution in [2.24, 2.45) is 0 Å². The quantitative estimate of drug-likeness (QED) is 0.164. The van der Waals surface area contributed by atoms with Crippen molar-refractivity contribution in [3.8, 4) is 55.9 Å². The predicted octanol–water partition coefficient (Wildman–Crippen LogP) is 16.4. The van der Waals surface area contributed by atoms with E-state index in [0.29, 0.717) is 0 Å². The first kappa shape index (κ1) is 35.4. The Bertz CT molecular complexity index is 3890. The fourth-order valence-corrected chi connectivity index (χ4v) is 9.94. The second-order valence-electron chi connectivity index (χ2n) is 16.5. The molecule has 3 heterocycles. The summed E-state index contributed by atoms with van der Waals surface area (Å²) >= 11 is 0. The van der Waals surface area contributed by atoms with Gasteiger partial charge in [0.1, 0.15) is 11.2 Å². The molecule has 63 heavy (non-hydrogen) atoms. The molecule has 13 rings (SSSR count). The fourth-order valence-electron chi connectivity index (χ4n) is 9.94. The van der Waals surface area contributed by atoms with Crippen LogP contribution in [0.15, 0.2) is 235 Å². The van der Waals surface area contributed by atoms with E-state index in [0.717, 1.165) is 50.0 Å². The van der Waals surface area contributed by atoms with E-state index in [4.69, 9.17) is 4.42 Å². The summed E-state index contributed by atoms with van der Waals surface area (Å²) < 4.78 is 11.2. The third-order valence-electron chi connectivity index (χ3n) is 12.9. The van der Waals surface area contributed by atoms with Gasteiger partial charge in [0.2, 0.25) is 0 Å². The van der Waals surface area contributed by atoms with Crippen LogP contribution >= 0.6 is 0 Å². The number of furan rings is 1. The summed E-state index contributed by atoms with van der Waals surface area (Å²) in [6.07, 6.45) is 0. The summed E-state index contributed by atoms with van der Waals surface area (Å²) in [6, 6.07) is 83.5. The minimum absolute atomic E-state index is 0.909. The van der Waals surface area contributed by atoms with E-state index in [2.05, 4.69) is 228 Å². The molecule has 0 fully saturated rings. The van der Waals surface area contributed by atoms with Crippen LogP contribution in [0, 0.1) is 0 Å². The minimum Gasteiger partial charge on any atom is -0.455 e. The number of benzene rings is 10. The number of hydrogen-bond acceptors (Lipinski definition) is 1. The van der Waals surface area contributed by atoms with Crippen molar-refractivity contribution >= 4 is 65.6 Å². The molecule has 0 saturated carbocycles. The zero-order chi connectivity index (χ0) is 41.4. The number of fused-ring (bicyclic) bond motifs is 9. The molecule has 10 aromatic carbocycles. The van der Waals surface area contributed by atoms with Gasteiger partial charge in [-0.05, 0) is 118 Å². The lowest BCUT2D eigenvalue weighted by molar-refractivity contribution is 0.670. The van der Waals surface area contributed by atoms with Crippen LogP contribution in [0.4, 0.5) is 0 Å². The summed E-state index contributed by atoms with van der Waals surface area (Å²) in [4.78, 5) is 0. The van der Waals surface area contributed by atoms with Crippen molar-refractivity contribution in [1.29, 1.82) is 0 Å². The lowest BCUT2D eigenvalue weighted by Gasteiger charge is -2.11. The van der Waals surface area contributed by atoms with Gasteiger partial charge in [-0.3, -0.25) is 0 Å². The standard InChI is InChI=1S/C60H38N2O/c1-3-13-39(14-4-1)41-15-11-16-42(35-41)43-27-33-57-53(37-43)54-38-45(44-28-32-56-52(36-44)49-19-7-9-23-55(49)61(56)46-17-5-2-6-18-46)29-34-58(54)62(57)47-30-25-40(26-31-47)48-21-12-22-51-50-20-8-10-24-59(50)63-60(48)51/h1-38H. The van der Waals surface area contributed by atoms with Gasteiger partial charge in [-0.2, -0.15) is 0 Å². The van der Waals surface area contributed by atoms with Crippen molar-refractivity contribution in [3.05, 3.63) is 231 Å². The van der Waals surface area contributed by atoms with E-state index in [9.17, 15) is 0 Å². The number of rotatable bonds is 6. The van der Waals surface area contributed by atoms with Crippen molar-refractivity contribution in [2.45, 2.75) is 0 Å². The molecule has 3 heteroatoms. The molecule has 3 aromatic heterocycles. The smallest absolute Gasteiger partial charge is 0.143 e. The third kappa shape index (κ3) is 5.67. The Kier molecular flexibility index (Phi) is 7.91. The van der Waals surface area contributed by atoms with Crippen LogP contribution in [0.3, 0.4) is 0 Å². The summed E-state index contributed by atoms with van der Waals surface area (Å²) in [5.74, 6) is 0. The average Bonchev–Trinajstić information content (AvgIpc) is 4.02. The number of aromatic nitrogens is 2. The normalized spacial score (nSPS) is 11.8. The number of nitrogens with zero attached hydrogens (tertiary/aromatic N) is 2. The zero-order valence-electron chi connectivity index (χ0n) is 34.2. The summed E-state index contributed by atoms with van der Waals surface area (Å²) in [7, 11) is 0. The average molecular weight is 803 g/mol. The van der Waals surface area contributed by atoms with Gasteiger partial charge in [0.05, 0.1) is 22.1 Å². The second kappa shape index (κ2) is 14.1. The van der Waals surface area contributed by atoms with Crippen LogP contribution in [0.2, 0.25) is 0 Å². The van der Waals surface area contributed by atoms with Crippen molar-refractivity contribution in [3.63, 3.8) is 0 Å². The first-order valence-electron chi connectivity index (χ1n) is 21.6. The molecule has 0 saturated heterocycles. The molecule has 0 bridgehead atoms. The SMILES string of the molecule is c1ccc(-c2cccc(-c3ccc4c(c3)c3cc(-c5ccc6c(c5)c5ccccc5n6-c5ccccc5)ccc3n4-c3ccc(-c4cccc5c4oc4ccccc45)cc3)c2)cc1.